The minimum absolute atomic E-state index is 0.767. The van der Waals surface area contributed by atoms with E-state index in [1.807, 2.05) is 29.1 Å². The third-order valence-corrected chi connectivity index (χ3v) is 3.14. The first-order valence-electron chi connectivity index (χ1n) is 5.05. The van der Waals surface area contributed by atoms with E-state index in [0.29, 0.717) is 0 Å². The van der Waals surface area contributed by atoms with Crippen molar-refractivity contribution in [3.05, 3.63) is 40.3 Å². The molecule has 2 rings (SSSR count). The van der Waals surface area contributed by atoms with Crippen molar-refractivity contribution in [2.24, 2.45) is 0 Å². The molecule has 0 bridgehead atoms. The van der Waals surface area contributed by atoms with Crippen LogP contribution in [-0.4, -0.2) is 16.3 Å². The van der Waals surface area contributed by atoms with Gasteiger partial charge in [-0.05, 0) is 18.2 Å². The molecule has 82 valence electrons. The van der Waals surface area contributed by atoms with Crippen LogP contribution in [0.25, 0.3) is 0 Å². The zero-order chi connectivity index (χ0) is 11.2. The number of nitrogens with zero attached hydrogens (tertiary/aromatic N) is 3. The first kappa shape index (κ1) is 10.9. The van der Waals surface area contributed by atoms with Gasteiger partial charge in [-0.2, -0.15) is 10.4 Å². The zero-order valence-corrected chi connectivity index (χ0v) is 9.57. The van der Waals surface area contributed by atoms with Gasteiger partial charge in [0, 0.05) is 30.4 Å². The Hall–Kier alpha value is -1.64. The summed E-state index contributed by atoms with van der Waals surface area (Å²) in [6.45, 7) is 2.55. The third-order valence-electron chi connectivity index (χ3n) is 2.15. The second-order valence-corrected chi connectivity index (χ2v) is 4.49. The lowest BCUT2D eigenvalue weighted by atomic mass is 10.4. The molecular formula is C11H12N4S. The Balaban J connectivity index is 1.70. The normalized spacial score (nSPS) is 10.2. The maximum Gasteiger partial charge on any atom is 0.110 e. The van der Waals surface area contributed by atoms with Crippen molar-refractivity contribution in [3.8, 4) is 6.07 Å². The number of hydrogen-bond acceptors (Lipinski definition) is 4. The molecule has 0 radical (unpaired) electrons. The number of hydrogen-bond donors (Lipinski definition) is 1. The molecular weight excluding hydrogens is 220 g/mol. The van der Waals surface area contributed by atoms with E-state index in [2.05, 4.69) is 16.5 Å². The molecule has 2 heterocycles. The van der Waals surface area contributed by atoms with Gasteiger partial charge in [-0.25, -0.2) is 0 Å². The number of thiophene rings is 1. The van der Waals surface area contributed by atoms with E-state index < -0.39 is 0 Å². The first-order chi connectivity index (χ1) is 7.88. The largest absolute Gasteiger partial charge is 0.310 e. The predicted molar refractivity (Wildman–Crippen MR) is 63.0 cm³/mol. The van der Waals surface area contributed by atoms with Gasteiger partial charge < -0.3 is 5.32 Å². The summed E-state index contributed by atoms with van der Waals surface area (Å²) < 4.78 is 1.89. The molecule has 0 spiro atoms. The van der Waals surface area contributed by atoms with Crippen LogP contribution in [0.1, 0.15) is 9.75 Å². The van der Waals surface area contributed by atoms with Crippen LogP contribution < -0.4 is 5.32 Å². The number of rotatable bonds is 5. The minimum Gasteiger partial charge on any atom is -0.310 e. The van der Waals surface area contributed by atoms with Crippen molar-refractivity contribution in [1.29, 1.82) is 5.26 Å². The van der Waals surface area contributed by atoms with Crippen molar-refractivity contribution in [2.75, 3.05) is 6.54 Å². The Labute approximate surface area is 98.1 Å². The van der Waals surface area contributed by atoms with E-state index in [1.165, 1.54) is 16.2 Å². The second-order valence-electron chi connectivity index (χ2n) is 3.32. The average molecular weight is 232 g/mol. The lowest BCUT2D eigenvalue weighted by Crippen LogP contribution is -2.19. The van der Waals surface area contributed by atoms with Crippen LogP contribution in [0.2, 0.25) is 0 Å². The smallest absolute Gasteiger partial charge is 0.110 e. The van der Waals surface area contributed by atoms with Crippen LogP contribution in [-0.2, 0) is 13.1 Å². The van der Waals surface area contributed by atoms with Gasteiger partial charge >= 0.3 is 0 Å². The van der Waals surface area contributed by atoms with Gasteiger partial charge in [0.1, 0.15) is 10.9 Å². The molecule has 1 N–H and O–H groups in total. The fourth-order valence-corrected chi connectivity index (χ4v) is 2.15. The van der Waals surface area contributed by atoms with Gasteiger partial charge in [0.15, 0.2) is 0 Å². The lowest BCUT2D eigenvalue weighted by Gasteiger charge is -2.02. The molecule has 0 aliphatic rings. The minimum atomic E-state index is 0.767. The molecule has 0 saturated carbocycles. The molecule has 5 heteroatoms. The van der Waals surface area contributed by atoms with Crippen LogP contribution in [0.5, 0.6) is 0 Å². The maximum absolute atomic E-state index is 8.68. The van der Waals surface area contributed by atoms with Crippen LogP contribution in [0.15, 0.2) is 30.6 Å². The summed E-state index contributed by atoms with van der Waals surface area (Å²) in [6, 6.07) is 7.90. The van der Waals surface area contributed by atoms with Crippen molar-refractivity contribution in [3.63, 3.8) is 0 Å². The van der Waals surface area contributed by atoms with Gasteiger partial charge in [-0.3, -0.25) is 4.68 Å². The monoisotopic (exact) mass is 232 g/mol. The molecule has 0 aliphatic carbocycles. The Kier molecular flexibility index (Phi) is 3.70. The van der Waals surface area contributed by atoms with Crippen LogP contribution in [0.3, 0.4) is 0 Å². The SMILES string of the molecule is N#Cc1ccc(CNCCn2cccn2)s1. The molecule has 0 aromatic carbocycles. The van der Waals surface area contributed by atoms with Gasteiger partial charge in [-0.1, -0.05) is 0 Å². The topological polar surface area (TPSA) is 53.6 Å². The summed E-state index contributed by atoms with van der Waals surface area (Å²) in [5.41, 5.74) is 0. The fourth-order valence-electron chi connectivity index (χ4n) is 1.37. The van der Waals surface area contributed by atoms with E-state index in [4.69, 9.17) is 5.26 Å². The number of nitrogens with one attached hydrogen (secondary N) is 1. The highest BCUT2D eigenvalue weighted by atomic mass is 32.1. The second kappa shape index (κ2) is 5.45. The van der Waals surface area contributed by atoms with Crippen molar-refractivity contribution in [2.45, 2.75) is 13.1 Å². The van der Waals surface area contributed by atoms with Crippen LogP contribution in [0.4, 0.5) is 0 Å². The molecule has 0 fully saturated rings. The number of aromatic nitrogens is 2. The molecule has 0 saturated heterocycles. The van der Waals surface area contributed by atoms with Gasteiger partial charge in [-0.15, -0.1) is 11.3 Å². The molecule has 0 atom stereocenters. The summed E-state index contributed by atoms with van der Waals surface area (Å²) in [4.78, 5) is 1.96. The Morgan fingerprint density at radius 2 is 2.44 bits per heavy atom. The van der Waals surface area contributed by atoms with Crippen LogP contribution >= 0.6 is 11.3 Å². The predicted octanol–water partition coefficient (Wildman–Crippen LogP) is 1.61. The molecule has 2 aromatic heterocycles. The summed E-state index contributed by atoms with van der Waals surface area (Å²) >= 11 is 1.53. The third kappa shape index (κ3) is 2.92. The highest BCUT2D eigenvalue weighted by Crippen LogP contribution is 2.14. The Bertz CT molecular complexity index is 466. The highest BCUT2D eigenvalue weighted by molar-refractivity contribution is 7.12. The van der Waals surface area contributed by atoms with Gasteiger partial charge in [0.2, 0.25) is 0 Å². The standard InChI is InChI=1S/C11H12N4S/c12-8-10-2-3-11(16-10)9-13-5-7-15-6-1-4-14-15/h1-4,6,13H,5,7,9H2. The molecule has 4 nitrogen and oxygen atoms in total. The Morgan fingerprint density at radius 3 is 3.12 bits per heavy atom. The summed E-state index contributed by atoms with van der Waals surface area (Å²) in [7, 11) is 0. The fraction of sp³-hybridized carbons (Fsp3) is 0.273. The van der Waals surface area contributed by atoms with Crippen LogP contribution in [0, 0.1) is 11.3 Å². The quantitative estimate of drug-likeness (QED) is 0.797. The molecule has 0 aliphatic heterocycles. The maximum atomic E-state index is 8.68. The molecule has 2 aromatic rings. The van der Waals surface area contributed by atoms with Crippen molar-refractivity contribution < 1.29 is 0 Å². The van der Waals surface area contributed by atoms with E-state index in [-0.39, 0.29) is 0 Å². The molecule has 16 heavy (non-hydrogen) atoms. The van der Waals surface area contributed by atoms with Gasteiger partial charge in [0.05, 0.1) is 6.54 Å². The van der Waals surface area contributed by atoms with E-state index in [1.54, 1.807) is 6.20 Å². The summed E-state index contributed by atoms with van der Waals surface area (Å²) in [5, 5.41) is 16.1. The first-order valence-corrected chi connectivity index (χ1v) is 5.87. The van der Waals surface area contributed by atoms with E-state index in [9.17, 15) is 0 Å². The highest BCUT2D eigenvalue weighted by Gasteiger charge is 1.98. The zero-order valence-electron chi connectivity index (χ0n) is 8.76. The summed E-state index contributed by atoms with van der Waals surface area (Å²) in [6.07, 6.45) is 3.72. The number of nitriles is 1. The van der Waals surface area contributed by atoms with E-state index in [0.717, 1.165) is 24.5 Å². The Morgan fingerprint density at radius 1 is 1.50 bits per heavy atom. The van der Waals surface area contributed by atoms with E-state index >= 15 is 0 Å². The molecule has 0 amide bonds. The summed E-state index contributed by atoms with van der Waals surface area (Å²) in [5.74, 6) is 0. The lowest BCUT2D eigenvalue weighted by molar-refractivity contribution is 0.557. The van der Waals surface area contributed by atoms with Crippen molar-refractivity contribution in [1.82, 2.24) is 15.1 Å². The van der Waals surface area contributed by atoms with Gasteiger partial charge in [0.25, 0.3) is 0 Å². The van der Waals surface area contributed by atoms with Crippen molar-refractivity contribution >= 4 is 11.3 Å². The molecule has 0 unspecified atom stereocenters. The average Bonchev–Trinajstić information content (AvgIpc) is 2.95.